The second kappa shape index (κ2) is 5.02. The molecule has 0 aliphatic carbocycles. The second-order valence-electron chi connectivity index (χ2n) is 4.94. The Kier molecular flexibility index (Phi) is 3.61. The molecule has 0 amide bonds. The summed E-state index contributed by atoms with van der Waals surface area (Å²) in [6.45, 7) is 4.61. The number of aromatic nitrogens is 2. The van der Waals surface area contributed by atoms with Gasteiger partial charge in [-0.25, -0.2) is 13.8 Å². The lowest BCUT2D eigenvalue weighted by Crippen LogP contribution is -2.15. The number of rotatable bonds is 4. The standard InChI is InChI=1S/C13H17F2N3/c1-7(2)5-8(6-16)13-17-10-4-3-9(14)11(15)12(10)18-13/h3-4,7-8H,5-6,16H2,1-2H3,(H,17,18). The molecule has 0 aliphatic heterocycles. The van der Waals surface area contributed by atoms with Crippen molar-refractivity contribution in [1.82, 2.24) is 9.97 Å². The first kappa shape index (κ1) is 13.0. The van der Waals surface area contributed by atoms with Crippen LogP contribution < -0.4 is 5.73 Å². The molecule has 5 heteroatoms. The lowest BCUT2D eigenvalue weighted by molar-refractivity contribution is 0.490. The maximum absolute atomic E-state index is 13.6. The molecule has 2 aromatic rings. The Morgan fingerprint density at radius 2 is 2.06 bits per heavy atom. The lowest BCUT2D eigenvalue weighted by Gasteiger charge is -2.14. The summed E-state index contributed by atoms with van der Waals surface area (Å²) in [5, 5.41) is 0. The van der Waals surface area contributed by atoms with Crippen LogP contribution in [0.1, 0.15) is 32.0 Å². The fourth-order valence-corrected chi connectivity index (χ4v) is 2.12. The molecule has 18 heavy (non-hydrogen) atoms. The number of nitrogens with two attached hydrogens (primary N) is 1. The number of hydrogen-bond acceptors (Lipinski definition) is 2. The maximum atomic E-state index is 13.6. The van der Waals surface area contributed by atoms with Crippen molar-refractivity contribution in [2.75, 3.05) is 6.54 Å². The van der Waals surface area contributed by atoms with E-state index in [0.29, 0.717) is 23.8 Å². The number of benzene rings is 1. The third-order valence-electron chi connectivity index (χ3n) is 2.99. The number of hydrogen-bond donors (Lipinski definition) is 2. The van der Waals surface area contributed by atoms with E-state index < -0.39 is 11.6 Å². The molecule has 0 fully saturated rings. The Balaban J connectivity index is 2.43. The quantitative estimate of drug-likeness (QED) is 0.880. The SMILES string of the molecule is CC(C)CC(CN)c1nc2c(F)c(F)ccc2[nH]1. The molecular weight excluding hydrogens is 236 g/mol. The van der Waals surface area contributed by atoms with E-state index in [1.165, 1.54) is 6.07 Å². The predicted molar refractivity (Wildman–Crippen MR) is 67.3 cm³/mol. The minimum Gasteiger partial charge on any atom is -0.342 e. The molecule has 1 unspecified atom stereocenters. The molecule has 0 saturated heterocycles. The molecule has 98 valence electrons. The van der Waals surface area contributed by atoms with Gasteiger partial charge in [0.1, 0.15) is 11.3 Å². The lowest BCUT2D eigenvalue weighted by atomic mass is 9.97. The van der Waals surface area contributed by atoms with E-state index in [1.807, 2.05) is 0 Å². The molecule has 0 bridgehead atoms. The van der Waals surface area contributed by atoms with Gasteiger partial charge in [0.15, 0.2) is 11.6 Å². The fourth-order valence-electron chi connectivity index (χ4n) is 2.12. The van der Waals surface area contributed by atoms with E-state index in [9.17, 15) is 8.78 Å². The van der Waals surface area contributed by atoms with E-state index in [4.69, 9.17) is 5.73 Å². The van der Waals surface area contributed by atoms with Crippen molar-refractivity contribution in [2.45, 2.75) is 26.2 Å². The fraction of sp³-hybridized carbons (Fsp3) is 0.462. The molecule has 0 spiro atoms. The highest BCUT2D eigenvalue weighted by atomic mass is 19.2. The first-order valence-corrected chi connectivity index (χ1v) is 6.06. The summed E-state index contributed by atoms with van der Waals surface area (Å²) in [7, 11) is 0. The molecule has 1 aromatic carbocycles. The monoisotopic (exact) mass is 253 g/mol. The van der Waals surface area contributed by atoms with E-state index in [2.05, 4.69) is 23.8 Å². The Labute approximate surface area is 104 Å². The highest BCUT2D eigenvalue weighted by Gasteiger charge is 2.18. The Bertz CT molecular complexity index is 548. The zero-order valence-corrected chi connectivity index (χ0v) is 10.5. The molecular formula is C13H17F2N3. The van der Waals surface area contributed by atoms with Gasteiger partial charge in [0.05, 0.1) is 5.52 Å². The van der Waals surface area contributed by atoms with Gasteiger partial charge in [0.2, 0.25) is 0 Å². The summed E-state index contributed by atoms with van der Waals surface area (Å²) in [5.74, 6) is -0.650. The highest BCUT2D eigenvalue weighted by molar-refractivity contribution is 5.75. The number of aromatic amines is 1. The molecule has 0 aliphatic rings. The van der Waals surface area contributed by atoms with Crippen LogP contribution >= 0.6 is 0 Å². The molecule has 2 rings (SSSR count). The van der Waals surface area contributed by atoms with Crippen molar-refractivity contribution in [3.63, 3.8) is 0 Å². The summed E-state index contributed by atoms with van der Waals surface area (Å²) in [4.78, 5) is 7.17. The summed E-state index contributed by atoms with van der Waals surface area (Å²) in [6, 6.07) is 2.59. The minimum absolute atomic E-state index is 0.0415. The molecule has 0 radical (unpaired) electrons. The van der Waals surface area contributed by atoms with Crippen molar-refractivity contribution in [3.8, 4) is 0 Å². The van der Waals surface area contributed by atoms with Crippen LogP contribution in [0.4, 0.5) is 8.78 Å². The third kappa shape index (κ3) is 2.36. The number of H-pyrrole nitrogens is 1. The van der Waals surface area contributed by atoms with Crippen molar-refractivity contribution < 1.29 is 8.78 Å². The largest absolute Gasteiger partial charge is 0.342 e. The summed E-state index contributed by atoms with van der Waals surface area (Å²) in [6.07, 6.45) is 0.862. The van der Waals surface area contributed by atoms with E-state index in [-0.39, 0.29) is 11.4 Å². The topological polar surface area (TPSA) is 54.7 Å². The molecule has 1 aromatic heterocycles. The highest BCUT2D eigenvalue weighted by Crippen LogP contribution is 2.25. The van der Waals surface area contributed by atoms with Crippen LogP contribution in [-0.4, -0.2) is 16.5 Å². The normalized spacial score (nSPS) is 13.4. The van der Waals surface area contributed by atoms with E-state index >= 15 is 0 Å². The summed E-state index contributed by atoms with van der Waals surface area (Å²) >= 11 is 0. The van der Waals surface area contributed by atoms with Gasteiger partial charge in [-0.2, -0.15) is 0 Å². The zero-order chi connectivity index (χ0) is 13.3. The van der Waals surface area contributed by atoms with Gasteiger partial charge in [-0.05, 0) is 24.5 Å². The molecule has 0 saturated carbocycles. The molecule has 3 N–H and O–H groups in total. The first-order chi connectivity index (χ1) is 8.52. The van der Waals surface area contributed by atoms with Crippen LogP contribution in [-0.2, 0) is 0 Å². The molecule has 1 atom stereocenters. The second-order valence-corrected chi connectivity index (χ2v) is 4.94. The third-order valence-corrected chi connectivity index (χ3v) is 2.99. The Morgan fingerprint density at radius 3 is 2.67 bits per heavy atom. The van der Waals surface area contributed by atoms with Crippen LogP contribution in [0.5, 0.6) is 0 Å². The van der Waals surface area contributed by atoms with Gasteiger partial charge >= 0.3 is 0 Å². The summed E-state index contributed by atoms with van der Waals surface area (Å²) in [5.41, 5.74) is 6.27. The molecule has 1 heterocycles. The van der Waals surface area contributed by atoms with Crippen LogP contribution in [0.25, 0.3) is 11.0 Å². The van der Waals surface area contributed by atoms with Crippen molar-refractivity contribution >= 4 is 11.0 Å². The average molecular weight is 253 g/mol. The van der Waals surface area contributed by atoms with Gasteiger partial charge in [0.25, 0.3) is 0 Å². The number of halogens is 2. The van der Waals surface area contributed by atoms with E-state index in [0.717, 1.165) is 12.5 Å². The van der Waals surface area contributed by atoms with Gasteiger partial charge in [-0.1, -0.05) is 13.8 Å². The van der Waals surface area contributed by atoms with Gasteiger partial charge in [-0.15, -0.1) is 0 Å². The number of fused-ring (bicyclic) bond motifs is 1. The zero-order valence-electron chi connectivity index (χ0n) is 10.5. The first-order valence-electron chi connectivity index (χ1n) is 6.06. The van der Waals surface area contributed by atoms with Gasteiger partial charge in [-0.3, -0.25) is 0 Å². The van der Waals surface area contributed by atoms with Crippen LogP contribution in [0.2, 0.25) is 0 Å². The van der Waals surface area contributed by atoms with Crippen LogP contribution in [0, 0.1) is 17.6 Å². The average Bonchev–Trinajstić information content (AvgIpc) is 2.75. The van der Waals surface area contributed by atoms with Crippen LogP contribution in [0.3, 0.4) is 0 Å². The van der Waals surface area contributed by atoms with Gasteiger partial charge < -0.3 is 10.7 Å². The maximum Gasteiger partial charge on any atom is 0.186 e. The number of imidazole rings is 1. The predicted octanol–water partition coefficient (Wildman–Crippen LogP) is 2.93. The minimum atomic E-state index is -0.907. The number of nitrogens with zero attached hydrogens (tertiary/aromatic N) is 1. The smallest absolute Gasteiger partial charge is 0.186 e. The van der Waals surface area contributed by atoms with Crippen LogP contribution in [0.15, 0.2) is 12.1 Å². The Hall–Kier alpha value is -1.49. The van der Waals surface area contributed by atoms with Gasteiger partial charge in [0, 0.05) is 12.5 Å². The van der Waals surface area contributed by atoms with Crippen molar-refractivity contribution in [2.24, 2.45) is 11.7 Å². The van der Waals surface area contributed by atoms with Crippen molar-refractivity contribution in [1.29, 1.82) is 0 Å². The number of nitrogens with one attached hydrogen (secondary N) is 1. The summed E-state index contributed by atoms with van der Waals surface area (Å²) < 4.78 is 26.7. The van der Waals surface area contributed by atoms with Crippen molar-refractivity contribution in [3.05, 3.63) is 29.6 Å². The molecule has 3 nitrogen and oxygen atoms in total. The Morgan fingerprint density at radius 1 is 1.33 bits per heavy atom. The van der Waals surface area contributed by atoms with E-state index in [1.54, 1.807) is 0 Å².